The molecule has 0 atom stereocenters. The summed E-state index contributed by atoms with van der Waals surface area (Å²) in [5.41, 5.74) is 0.860. The van der Waals surface area contributed by atoms with Crippen molar-refractivity contribution in [3.8, 4) is 11.8 Å². The van der Waals surface area contributed by atoms with Crippen LogP contribution in [0.15, 0.2) is 18.2 Å². The van der Waals surface area contributed by atoms with E-state index in [0.717, 1.165) is 18.5 Å². The summed E-state index contributed by atoms with van der Waals surface area (Å²) in [4.78, 5) is 0. The zero-order valence-electron chi connectivity index (χ0n) is 7.90. The highest BCUT2D eigenvalue weighted by Gasteiger charge is 1.94. The van der Waals surface area contributed by atoms with E-state index in [2.05, 4.69) is 17.2 Å². The highest BCUT2D eigenvalue weighted by Crippen LogP contribution is 2.18. The van der Waals surface area contributed by atoms with Crippen LogP contribution in [0.1, 0.15) is 12.0 Å². The lowest BCUT2D eigenvalue weighted by Gasteiger charge is -1.94. The number of rotatable bonds is 2. The Kier molecular flexibility index (Phi) is 4.82. The smallest absolute Gasteiger partial charge is 0.0433 e. The average Bonchev–Trinajstić information content (AvgIpc) is 2.11. The summed E-state index contributed by atoms with van der Waals surface area (Å²) in [5, 5.41) is 4.26. The molecular formula is C11H11Cl2N. The minimum Gasteiger partial charge on any atom is -0.319 e. The third-order valence-corrected chi connectivity index (χ3v) is 2.03. The molecule has 74 valence electrons. The van der Waals surface area contributed by atoms with E-state index in [1.807, 2.05) is 7.05 Å². The summed E-state index contributed by atoms with van der Waals surface area (Å²) in [5.74, 6) is 6.03. The molecule has 0 aromatic heterocycles. The summed E-state index contributed by atoms with van der Waals surface area (Å²) >= 11 is 11.7. The van der Waals surface area contributed by atoms with Crippen LogP contribution in [0.5, 0.6) is 0 Å². The van der Waals surface area contributed by atoms with Gasteiger partial charge in [0.1, 0.15) is 0 Å². The molecule has 3 heteroatoms. The Labute approximate surface area is 94.4 Å². The molecule has 1 aromatic rings. The molecule has 0 aliphatic carbocycles. The topological polar surface area (TPSA) is 12.0 Å². The van der Waals surface area contributed by atoms with E-state index in [1.165, 1.54) is 0 Å². The van der Waals surface area contributed by atoms with E-state index in [1.54, 1.807) is 18.2 Å². The van der Waals surface area contributed by atoms with E-state index < -0.39 is 0 Å². The van der Waals surface area contributed by atoms with Crippen molar-refractivity contribution in [2.24, 2.45) is 0 Å². The molecule has 1 aromatic carbocycles. The molecule has 0 aliphatic heterocycles. The van der Waals surface area contributed by atoms with Crippen molar-refractivity contribution in [1.82, 2.24) is 5.32 Å². The summed E-state index contributed by atoms with van der Waals surface area (Å²) in [6.07, 6.45) is 0.820. The van der Waals surface area contributed by atoms with Gasteiger partial charge in [0.2, 0.25) is 0 Å². The maximum Gasteiger partial charge on any atom is 0.0433 e. The van der Waals surface area contributed by atoms with Gasteiger partial charge in [-0.2, -0.15) is 0 Å². The van der Waals surface area contributed by atoms with Crippen LogP contribution in [0.3, 0.4) is 0 Å². The van der Waals surface area contributed by atoms with Gasteiger partial charge in [0.15, 0.2) is 0 Å². The van der Waals surface area contributed by atoms with E-state index >= 15 is 0 Å². The Bertz CT molecular complexity index is 343. The highest BCUT2D eigenvalue weighted by molar-refractivity contribution is 6.34. The molecule has 0 heterocycles. The van der Waals surface area contributed by atoms with Crippen LogP contribution in [0.4, 0.5) is 0 Å². The van der Waals surface area contributed by atoms with Gasteiger partial charge in [-0.3, -0.25) is 0 Å². The predicted octanol–water partition coefficient (Wildman–Crippen LogP) is 2.95. The molecule has 1 N–H and O–H groups in total. The quantitative estimate of drug-likeness (QED) is 0.606. The van der Waals surface area contributed by atoms with Gasteiger partial charge in [-0.15, -0.1) is 0 Å². The Hall–Kier alpha value is -0.680. The molecule has 0 saturated carbocycles. The second kappa shape index (κ2) is 5.93. The van der Waals surface area contributed by atoms with Gasteiger partial charge in [0.25, 0.3) is 0 Å². The van der Waals surface area contributed by atoms with Crippen molar-refractivity contribution in [1.29, 1.82) is 0 Å². The fourth-order valence-corrected chi connectivity index (χ4v) is 1.50. The average molecular weight is 228 g/mol. The van der Waals surface area contributed by atoms with Crippen LogP contribution in [0.25, 0.3) is 0 Å². The minimum absolute atomic E-state index is 0.621. The third-order valence-electron chi connectivity index (χ3n) is 1.60. The maximum atomic E-state index is 5.83. The molecule has 0 saturated heterocycles. The lowest BCUT2D eigenvalue weighted by atomic mass is 10.2. The van der Waals surface area contributed by atoms with Crippen molar-refractivity contribution in [3.05, 3.63) is 33.8 Å². The van der Waals surface area contributed by atoms with Gasteiger partial charge in [-0.1, -0.05) is 35.0 Å². The molecule has 0 aliphatic rings. The van der Waals surface area contributed by atoms with Gasteiger partial charge in [-0.25, -0.2) is 0 Å². The van der Waals surface area contributed by atoms with Gasteiger partial charge in [0.05, 0.1) is 0 Å². The Morgan fingerprint density at radius 2 is 1.86 bits per heavy atom. The molecule has 14 heavy (non-hydrogen) atoms. The first-order valence-corrected chi connectivity index (χ1v) is 5.07. The highest BCUT2D eigenvalue weighted by atomic mass is 35.5. The van der Waals surface area contributed by atoms with Crippen LogP contribution in [-0.2, 0) is 0 Å². The number of nitrogens with one attached hydrogen (secondary N) is 1. The molecule has 0 spiro atoms. The largest absolute Gasteiger partial charge is 0.319 e. The maximum absolute atomic E-state index is 5.83. The van der Waals surface area contributed by atoms with Crippen LogP contribution in [-0.4, -0.2) is 13.6 Å². The minimum atomic E-state index is 0.621. The molecule has 0 radical (unpaired) electrons. The van der Waals surface area contributed by atoms with Crippen molar-refractivity contribution in [3.63, 3.8) is 0 Å². The van der Waals surface area contributed by atoms with Crippen molar-refractivity contribution >= 4 is 23.2 Å². The van der Waals surface area contributed by atoms with Gasteiger partial charge in [0, 0.05) is 28.6 Å². The molecule has 0 bridgehead atoms. The molecule has 0 unspecified atom stereocenters. The number of benzene rings is 1. The Morgan fingerprint density at radius 1 is 1.21 bits per heavy atom. The fourth-order valence-electron chi connectivity index (χ4n) is 0.978. The predicted molar refractivity (Wildman–Crippen MR) is 61.9 cm³/mol. The van der Waals surface area contributed by atoms with Crippen LogP contribution in [0, 0.1) is 11.8 Å². The summed E-state index contributed by atoms with van der Waals surface area (Å²) in [7, 11) is 1.90. The van der Waals surface area contributed by atoms with Crippen molar-refractivity contribution in [2.45, 2.75) is 6.42 Å². The number of hydrogen-bond donors (Lipinski definition) is 1. The standard InChI is InChI=1S/C11H11Cl2N/c1-14-5-3-2-4-9-6-10(12)8-11(13)7-9/h6-8,14H,3,5H2,1H3. The lowest BCUT2D eigenvalue weighted by Crippen LogP contribution is -2.05. The number of hydrogen-bond acceptors (Lipinski definition) is 1. The second-order valence-corrected chi connectivity index (χ2v) is 3.69. The fraction of sp³-hybridized carbons (Fsp3) is 0.273. The summed E-state index contributed by atoms with van der Waals surface area (Å²) < 4.78 is 0. The molecule has 1 nitrogen and oxygen atoms in total. The van der Waals surface area contributed by atoms with Crippen LogP contribution in [0.2, 0.25) is 10.0 Å². The molecule has 0 amide bonds. The van der Waals surface area contributed by atoms with E-state index in [0.29, 0.717) is 10.0 Å². The summed E-state index contributed by atoms with van der Waals surface area (Å²) in [6.45, 7) is 0.890. The summed E-state index contributed by atoms with van der Waals surface area (Å²) in [6, 6.07) is 5.31. The van der Waals surface area contributed by atoms with E-state index in [-0.39, 0.29) is 0 Å². The normalized spacial score (nSPS) is 9.36. The zero-order valence-corrected chi connectivity index (χ0v) is 9.41. The first-order chi connectivity index (χ1) is 6.72. The first kappa shape index (κ1) is 11.4. The van der Waals surface area contributed by atoms with Crippen LogP contribution < -0.4 is 5.32 Å². The van der Waals surface area contributed by atoms with Gasteiger partial charge < -0.3 is 5.32 Å². The van der Waals surface area contributed by atoms with E-state index in [9.17, 15) is 0 Å². The second-order valence-electron chi connectivity index (χ2n) is 2.81. The SMILES string of the molecule is CNCCC#Cc1cc(Cl)cc(Cl)c1. The lowest BCUT2D eigenvalue weighted by molar-refractivity contribution is 0.818. The van der Waals surface area contributed by atoms with Gasteiger partial charge in [-0.05, 0) is 25.2 Å². The number of halogens is 2. The van der Waals surface area contributed by atoms with Crippen molar-refractivity contribution < 1.29 is 0 Å². The van der Waals surface area contributed by atoms with Crippen molar-refractivity contribution in [2.75, 3.05) is 13.6 Å². The first-order valence-electron chi connectivity index (χ1n) is 4.32. The zero-order chi connectivity index (χ0) is 10.4. The Morgan fingerprint density at radius 3 is 2.43 bits per heavy atom. The third kappa shape index (κ3) is 4.02. The molecule has 0 fully saturated rings. The van der Waals surface area contributed by atoms with E-state index in [4.69, 9.17) is 23.2 Å². The Balaban J connectivity index is 2.69. The van der Waals surface area contributed by atoms with Crippen LogP contribution >= 0.6 is 23.2 Å². The monoisotopic (exact) mass is 227 g/mol. The molecule has 1 rings (SSSR count). The van der Waals surface area contributed by atoms with Gasteiger partial charge >= 0.3 is 0 Å². The molecular weight excluding hydrogens is 217 g/mol.